The van der Waals surface area contributed by atoms with Crippen LogP contribution in [0, 0.1) is 6.92 Å². The summed E-state index contributed by atoms with van der Waals surface area (Å²) in [5.41, 5.74) is 6.70. The van der Waals surface area contributed by atoms with Crippen LogP contribution in [0.2, 0.25) is 0 Å². The van der Waals surface area contributed by atoms with Gasteiger partial charge in [-0.25, -0.2) is 0 Å². The van der Waals surface area contributed by atoms with E-state index in [4.69, 9.17) is 21.9 Å². The van der Waals surface area contributed by atoms with E-state index in [1.54, 1.807) is 7.11 Å². The molecule has 0 amide bonds. The average Bonchev–Trinajstić information content (AvgIpc) is 3.43. The van der Waals surface area contributed by atoms with Crippen molar-refractivity contribution < 1.29 is 4.74 Å². The monoisotopic (exact) mass is 482 g/mol. The van der Waals surface area contributed by atoms with Gasteiger partial charge in [-0.05, 0) is 91.3 Å². The predicted molar refractivity (Wildman–Crippen MR) is 146 cm³/mol. The Morgan fingerprint density at radius 1 is 0.914 bits per heavy atom. The molecule has 2 aromatic heterocycles. The zero-order valence-corrected chi connectivity index (χ0v) is 21.3. The molecule has 5 rings (SSSR count). The summed E-state index contributed by atoms with van der Waals surface area (Å²) in [6.07, 6.45) is 1.84. The molecular weight excluding hydrogens is 452 g/mol. The Balaban J connectivity index is 1.65. The van der Waals surface area contributed by atoms with E-state index >= 15 is 0 Å². The molecular formula is C29H30N4OS. The second-order valence-electron chi connectivity index (χ2n) is 9.18. The number of benzene rings is 2. The van der Waals surface area contributed by atoms with E-state index in [9.17, 15) is 0 Å². The number of nitrogens with zero attached hydrogens (tertiary/aromatic N) is 3. The van der Waals surface area contributed by atoms with Crippen LogP contribution in [0.1, 0.15) is 54.5 Å². The Morgan fingerprint density at radius 3 is 2.26 bits per heavy atom. The number of ether oxygens (including phenoxy) is 1. The fourth-order valence-electron chi connectivity index (χ4n) is 4.83. The Kier molecular flexibility index (Phi) is 6.31. The summed E-state index contributed by atoms with van der Waals surface area (Å²) in [5.74, 6) is 1.31. The van der Waals surface area contributed by atoms with Gasteiger partial charge in [0.25, 0.3) is 0 Å². The van der Waals surface area contributed by atoms with Crippen LogP contribution in [0.4, 0.5) is 5.69 Å². The van der Waals surface area contributed by atoms with E-state index in [0.29, 0.717) is 11.0 Å². The molecule has 2 aromatic carbocycles. The van der Waals surface area contributed by atoms with Crippen LogP contribution in [0.5, 0.6) is 5.75 Å². The van der Waals surface area contributed by atoms with Gasteiger partial charge < -0.3 is 19.5 Å². The number of anilines is 1. The van der Waals surface area contributed by atoms with Crippen LogP contribution in [0.3, 0.4) is 0 Å². The molecule has 2 atom stereocenters. The quantitative estimate of drug-likeness (QED) is 0.318. The second kappa shape index (κ2) is 9.55. The molecule has 1 saturated heterocycles. The first kappa shape index (κ1) is 23.1. The smallest absolute Gasteiger partial charge is 0.174 e. The number of aromatic nitrogens is 2. The third-order valence-electron chi connectivity index (χ3n) is 6.68. The van der Waals surface area contributed by atoms with E-state index in [0.717, 1.165) is 34.2 Å². The van der Waals surface area contributed by atoms with Crippen molar-refractivity contribution in [3.63, 3.8) is 0 Å². The highest BCUT2D eigenvalue weighted by molar-refractivity contribution is 7.80. The Bertz CT molecular complexity index is 1310. The molecule has 3 heterocycles. The second-order valence-corrected chi connectivity index (χ2v) is 9.56. The lowest BCUT2D eigenvalue weighted by Gasteiger charge is -2.29. The van der Waals surface area contributed by atoms with Gasteiger partial charge in [-0.2, -0.15) is 0 Å². The fourth-order valence-corrected chi connectivity index (χ4v) is 5.17. The highest BCUT2D eigenvalue weighted by Gasteiger charge is 2.42. The zero-order valence-electron chi connectivity index (χ0n) is 20.5. The van der Waals surface area contributed by atoms with Crippen LogP contribution in [-0.4, -0.2) is 21.8 Å². The molecule has 6 heteroatoms. The third-order valence-corrected chi connectivity index (χ3v) is 6.99. The number of thiocarbonyl (C=S) groups is 1. The van der Waals surface area contributed by atoms with E-state index in [2.05, 4.69) is 90.2 Å². The number of nitrogens with one attached hydrogen (secondary N) is 1. The van der Waals surface area contributed by atoms with E-state index in [1.807, 2.05) is 30.5 Å². The zero-order chi connectivity index (χ0) is 24.5. The van der Waals surface area contributed by atoms with Crippen molar-refractivity contribution in [1.82, 2.24) is 14.9 Å². The number of rotatable bonds is 6. The summed E-state index contributed by atoms with van der Waals surface area (Å²) in [4.78, 5) is 6.92. The number of pyridine rings is 1. The van der Waals surface area contributed by atoms with Gasteiger partial charge in [0.1, 0.15) is 11.8 Å². The maximum Gasteiger partial charge on any atom is 0.174 e. The standard InChI is InChI=1S/C29H30N4OS/c1-19(2)21-9-11-23(12-10-21)33-28(27(31-29(33)35)25-7-5-6-18-30-25)26-17-8-20(3)32(26)22-13-15-24(34-4)16-14-22/h5-19,27-28H,1-4H3,(H,31,35)/t27-,28-/m0/s1. The van der Waals surface area contributed by atoms with Crippen molar-refractivity contribution in [2.75, 3.05) is 12.0 Å². The summed E-state index contributed by atoms with van der Waals surface area (Å²) in [7, 11) is 1.69. The molecule has 35 heavy (non-hydrogen) atoms. The van der Waals surface area contributed by atoms with Gasteiger partial charge in [0.15, 0.2) is 5.11 Å². The Hall–Kier alpha value is -3.64. The number of methoxy groups -OCH3 is 1. The lowest BCUT2D eigenvalue weighted by atomic mass is 9.99. The van der Waals surface area contributed by atoms with Crippen molar-refractivity contribution in [1.29, 1.82) is 0 Å². The summed E-state index contributed by atoms with van der Waals surface area (Å²) < 4.78 is 7.68. The molecule has 4 aromatic rings. The average molecular weight is 483 g/mol. The van der Waals surface area contributed by atoms with Crippen LogP contribution >= 0.6 is 12.2 Å². The SMILES string of the molecule is COc1ccc(-n2c(C)ccc2[C@H]2[C@H](c3ccccn3)NC(=S)N2c2ccc(C(C)C)cc2)cc1. The van der Waals surface area contributed by atoms with Gasteiger partial charge in [0, 0.05) is 29.0 Å². The molecule has 1 fully saturated rings. The van der Waals surface area contributed by atoms with Crippen molar-refractivity contribution in [2.45, 2.75) is 38.8 Å². The molecule has 1 N–H and O–H groups in total. The first-order chi connectivity index (χ1) is 17.0. The van der Waals surface area contributed by atoms with Crippen molar-refractivity contribution in [3.05, 3.63) is 108 Å². The molecule has 0 bridgehead atoms. The van der Waals surface area contributed by atoms with Crippen molar-refractivity contribution in [2.24, 2.45) is 0 Å². The van der Waals surface area contributed by atoms with Crippen LogP contribution in [0.25, 0.3) is 5.69 Å². The van der Waals surface area contributed by atoms with Gasteiger partial charge in [-0.1, -0.05) is 32.0 Å². The maximum atomic E-state index is 5.92. The largest absolute Gasteiger partial charge is 0.497 e. The van der Waals surface area contributed by atoms with E-state index < -0.39 is 0 Å². The Labute approximate surface area is 212 Å². The van der Waals surface area contributed by atoms with Crippen LogP contribution < -0.4 is 15.0 Å². The summed E-state index contributed by atoms with van der Waals surface area (Å²) in [6, 6.07) is 27.1. The summed E-state index contributed by atoms with van der Waals surface area (Å²) in [5, 5.41) is 4.27. The highest BCUT2D eigenvalue weighted by Crippen LogP contribution is 2.43. The van der Waals surface area contributed by atoms with Gasteiger partial charge in [-0.3, -0.25) is 4.98 Å². The predicted octanol–water partition coefficient (Wildman–Crippen LogP) is 6.49. The molecule has 0 spiro atoms. The normalized spacial score (nSPS) is 17.6. The van der Waals surface area contributed by atoms with Crippen LogP contribution in [-0.2, 0) is 0 Å². The van der Waals surface area contributed by atoms with E-state index in [1.165, 1.54) is 5.56 Å². The first-order valence-corrected chi connectivity index (χ1v) is 12.3. The number of hydrogen-bond acceptors (Lipinski definition) is 3. The van der Waals surface area contributed by atoms with Crippen molar-refractivity contribution >= 4 is 23.0 Å². The number of aryl methyl sites for hydroxylation is 1. The van der Waals surface area contributed by atoms with Gasteiger partial charge in [0.05, 0.1) is 18.8 Å². The number of hydrogen-bond donors (Lipinski definition) is 1. The van der Waals surface area contributed by atoms with E-state index in [-0.39, 0.29) is 12.1 Å². The topological polar surface area (TPSA) is 42.3 Å². The molecule has 0 unspecified atom stereocenters. The lowest BCUT2D eigenvalue weighted by molar-refractivity contribution is 0.414. The minimum atomic E-state index is -0.0974. The molecule has 1 aliphatic rings. The first-order valence-electron chi connectivity index (χ1n) is 11.9. The molecule has 5 nitrogen and oxygen atoms in total. The minimum Gasteiger partial charge on any atom is -0.497 e. The molecule has 0 aliphatic carbocycles. The van der Waals surface area contributed by atoms with Gasteiger partial charge in [0.2, 0.25) is 0 Å². The maximum absolute atomic E-state index is 5.92. The molecule has 1 aliphatic heterocycles. The summed E-state index contributed by atoms with van der Waals surface area (Å²) in [6.45, 7) is 6.55. The van der Waals surface area contributed by atoms with Gasteiger partial charge in [-0.15, -0.1) is 0 Å². The molecule has 178 valence electrons. The third kappa shape index (κ3) is 4.30. The van der Waals surface area contributed by atoms with Crippen molar-refractivity contribution in [3.8, 4) is 11.4 Å². The highest BCUT2D eigenvalue weighted by atomic mass is 32.1. The van der Waals surface area contributed by atoms with Crippen LogP contribution in [0.15, 0.2) is 85.1 Å². The molecule has 0 radical (unpaired) electrons. The fraction of sp³-hybridized carbons (Fsp3) is 0.241. The van der Waals surface area contributed by atoms with Gasteiger partial charge >= 0.3 is 0 Å². The minimum absolute atomic E-state index is 0.0851. The summed E-state index contributed by atoms with van der Waals surface area (Å²) >= 11 is 5.92. The lowest BCUT2D eigenvalue weighted by Crippen LogP contribution is -2.30. The molecule has 0 saturated carbocycles. The Morgan fingerprint density at radius 2 is 1.63 bits per heavy atom.